The summed E-state index contributed by atoms with van der Waals surface area (Å²) in [6.45, 7) is 0. The number of nitrogens with one attached hydrogen (secondary N) is 1. The molecule has 3 rings (SSSR count). The Labute approximate surface area is 140 Å². The van der Waals surface area contributed by atoms with E-state index in [-0.39, 0.29) is 16.3 Å². The summed E-state index contributed by atoms with van der Waals surface area (Å²) in [6.07, 6.45) is 0. The zero-order valence-electron chi connectivity index (χ0n) is 12.4. The Hall–Kier alpha value is -2.86. The smallest absolute Gasteiger partial charge is 0.349 e. The lowest BCUT2D eigenvalue weighted by Crippen LogP contribution is -2.20. The van der Waals surface area contributed by atoms with Gasteiger partial charge in [-0.15, -0.1) is 0 Å². The lowest BCUT2D eigenvalue weighted by molar-refractivity contribution is 0.102. The molecule has 1 N–H and O–H groups in total. The summed E-state index contributed by atoms with van der Waals surface area (Å²) in [4.78, 5) is 24.3. The Morgan fingerprint density at radius 2 is 2.00 bits per heavy atom. The molecular formula is C17H11ClFNO4. The molecule has 0 saturated heterocycles. The van der Waals surface area contributed by atoms with Crippen LogP contribution in [0.5, 0.6) is 5.75 Å². The van der Waals surface area contributed by atoms with E-state index in [9.17, 15) is 14.0 Å². The summed E-state index contributed by atoms with van der Waals surface area (Å²) in [7, 11) is 1.49. The first-order valence-electron chi connectivity index (χ1n) is 6.86. The number of rotatable bonds is 3. The molecule has 0 unspecified atom stereocenters. The van der Waals surface area contributed by atoms with Gasteiger partial charge in [-0.05, 0) is 36.4 Å². The van der Waals surface area contributed by atoms with E-state index in [0.29, 0.717) is 16.7 Å². The molecule has 0 saturated carbocycles. The molecule has 2 aromatic carbocycles. The second-order valence-electron chi connectivity index (χ2n) is 4.93. The predicted molar refractivity (Wildman–Crippen MR) is 88.4 cm³/mol. The number of hydrogen-bond donors (Lipinski definition) is 1. The third kappa shape index (κ3) is 3.09. The number of benzene rings is 2. The van der Waals surface area contributed by atoms with Gasteiger partial charge in [0.25, 0.3) is 5.91 Å². The van der Waals surface area contributed by atoms with Crippen molar-refractivity contribution in [3.8, 4) is 5.75 Å². The molecule has 5 nitrogen and oxygen atoms in total. The Balaban J connectivity index is 1.95. The van der Waals surface area contributed by atoms with Crippen LogP contribution in [0, 0.1) is 5.82 Å². The van der Waals surface area contributed by atoms with Crippen LogP contribution in [-0.2, 0) is 0 Å². The Morgan fingerprint density at radius 1 is 1.21 bits per heavy atom. The minimum Gasteiger partial charge on any atom is -0.497 e. The van der Waals surface area contributed by atoms with Crippen LogP contribution in [0.3, 0.4) is 0 Å². The summed E-state index contributed by atoms with van der Waals surface area (Å²) in [6, 6.07) is 10.0. The zero-order chi connectivity index (χ0) is 17.3. The van der Waals surface area contributed by atoms with E-state index < -0.39 is 17.3 Å². The van der Waals surface area contributed by atoms with Crippen molar-refractivity contribution in [3.63, 3.8) is 0 Å². The SMILES string of the molecule is COc1ccc2cc(C(=O)Nc3ccc(F)c(Cl)c3)c(=O)oc2c1. The van der Waals surface area contributed by atoms with Crippen LogP contribution in [0.25, 0.3) is 11.0 Å². The van der Waals surface area contributed by atoms with Gasteiger partial charge in [0.2, 0.25) is 0 Å². The third-order valence-corrected chi connectivity index (χ3v) is 3.65. The minimum absolute atomic E-state index is 0.134. The molecule has 1 aromatic heterocycles. The molecule has 0 atom stereocenters. The molecule has 122 valence electrons. The fraction of sp³-hybridized carbons (Fsp3) is 0.0588. The van der Waals surface area contributed by atoms with E-state index in [1.807, 2.05) is 0 Å². The highest BCUT2D eigenvalue weighted by molar-refractivity contribution is 6.31. The second kappa shape index (κ2) is 6.33. The fourth-order valence-electron chi connectivity index (χ4n) is 2.15. The molecule has 7 heteroatoms. The molecule has 0 spiro atoms. The molecule has 0 aliphatic heterocycles. The Bertz CT molecular complexity index is 1000. The molecule has 24 heavy (non-hydrogen) atoms. The molecule has 1 heterocycles. The fourth-order valence-corrected chi connectivity index (χ4v) is 2.33. The van der Waals surface area contributed by atoms with Gasteiger partial charge in [0, 0.05) is 17.1 Å². The van der Waals surface area contributed by atoms with Gasteiger partial charge in [0.1, 0.15) is 22.7 Å². The highest BCUT2D eigenvalue weighted by Crippen LogP contribution is 2.22. The van der Waals surface area contributed by atoms with Crippen LogP contribution in [0.2, 0.25) is 5.02 Å². The molecule has 0 radical (unpaired) electrons. The van der Waals surface area contributed by atoms with Gasteiger partial charge in [0.05, 0.1) is 12.1 Å². The van der Waals surface area contributed by atoms with Crippen LogP contribution in [0.15, 0.2) is 51.7 Å². The molecule has 0 bridgehead atoms. The number of hydrogen-bond acceptors (Lipinski definition) is 4. The van der Waals surface area contributed by atoms with Gasteiger partial charge in [-0.3, -0.25) is 4.79 Å². The number of ether oxygens (including phenoxy) is 1. The van der Waals surface area contributed by atoms with E-state index in [1.54, 1.807) is 18.2 Å². The standard InChI is InChI=1S/C17H11ClFNO4/c1-23-11-4-2-9-6-12(17(22)24-15(9)8-11)16(21)20-10-3-5-14(19)13(18)7-10/h2-8H,1H3,(H,20,21). The number of fused-ring (bicyclic) bond motifs is 1. The lowest BCUT2D eigenvalue weighted by Gasteiger charge is -2.06. The highest BCUT2D eigenvalue weighted by atomic mass is 35.5. The van der Waals surface area contributed by atoms with Gasteiger partial charge in [-0.1, -0.05) is 11.6 Å². The molecule has 3 aromatic rings. The van der Waals surface area contributed by atoms with Gasteiger partial charge in [-0.2, -0.15) is 0 Å². The third-order valence-electron chi connectivity index (χ3n) is 3.37. The first-order valence-corrected chi connectivity index (χ1v) is 7.24. The van der Waals surface area contributed by atoms with Gasteiger partial charge < -0.3 is 14.5 Å². The average Bonchev–Trinajstić information content (AvgIpc) is 2.57. The van der Waals surface area contributed by atoms with Crippen molar-refractivity contribution < 1.29 is 18.3 Å². The largest absolute Gasteiger partial charge is 0.497 e. The van der Waals surface area contributed by atoms with Crippen LogP contribution >= 0.6 is 11.6 Å². The summed E-state index contributed by atoms with van der Waals surface area (Å²) >= 11 is 5.66. The van der Waals surface area contributed by atoms with Crippen molar-refractivity contribution in [3.05, 3.63) is 69.3 Å². The van der Waals surface area contributed by atoms with Crippen molar-refractivity contribution in [2.24, 2.45) is 0 Å². The normalized spacial score (nSPS) is 10.6. The number of halogens is 2. The van der Waals surface area contributed by atoms with Crippen LogP contribution in [0.1, 0.15) is 10.4 Å². The Morgan fingerprint density at radius 3 is 2.71 bits per heavy atom. The number of carbonyl (C=O) groups is 1. The van der Waals surface area contributed by atoms with Crippen molar-refractivity contribution in [2.45, 2.75) is 0 Å². The average molecular weight is 348 g/mol. The highest BCUT2D eigenvalue weighted by Gasteiger charge is 2.15. The summed E-state index contributed by atoms with van der Waals surface area (Å²) in [5.74, 6) is -0.748. The number of methoxy groups -OCH3 is 1. The van der Waals surface area contributed by atoms with E-state index in [1.165, 1.54) is 25.3 Å². The van der Waals surface area contributed by atoms with Crippen molar-refractivity contribution in [1.29, 1.82) is 0 Å². The summed E-state index contributed by atoms with van der Waals surface area (Å²) < 4.78 is 23.3. The maximum absolute atomic E-state index is 13.1. The van der Waals surface area contributed by atoms with Crippen LogP contribution in [0.4, 0.5) is 10.1 Å². The predicted octanol–water partition coefficient (Wildman–Crippen LogP) is 3.85. The number of anilines is 1. The topological polar surface area (TPSA) is 68.5 Å². The first kappa shape index (κ1) is 16.0. The van der Waals surface area contributed by atoms with Gasteiger partial charge in [0.15, 0.2) is 0 Å². The van der Waals surface area contributed by atoms with Crippen molar-refractivity contribution in [1.82, 2.24) is 0 Å². The maximum atomic E-state index is 13.1. The van der Waals surface area contributed by atoms with Crippen LogP contribution < -0.4 is 15.7 Å². The monoisotopic (exact) mass is 347 g/mol. The molecule has 0 aliphatic rings. The van der Waals surface area contributed by atoms with Crippen molar-refractivity contribution >= 4 is 34.2 Å². The second-order valence-corrected chi connectivity index (χ2v) is 5.34. The van der Waals surface area contributed by atoms with E-state index in [2.05, 4.69) is 5.32 Å². The van der Waals surface area contributed by atoms with Gasteiger partial charge in [-0.25, -0.2) is 9.18 Å². The summed E-state index contributed by atoms with van der Waals surface area (Å²) in [5.41, 5.74) is -0.393. The first-order chi connectivity index (χ1) is 11.5. The number of amides is 1. The maximum Gasteiger partial charge on any atom is 0.349 e. The molecule has 1 amide bonds. The molecule has 0 aliphatic carbocycles. The van der Waals surface area contributed by atoms with E-state index in [0.717, 1.165) is 6.07 Å². The zero-order valence-corrected chi connectivity index (χ0v) is 13.2. The molecule has 0 fully saturated rings. The van der Waals surface area contributed by atoms with Crippen LogP contribution in [-0.4, -0.2) is 13.0 Å². The lowest BCUT2D eigenvalue weighted by atomic mass is 10.1. The van der Waals surface area contributed by atoms with Crippen molar-refractivity contribution in [2.75, 3.05) is 12.4 Å². The van der Waals surface area contributed by atoms with Gasteiger partial charge >= 0.3 is 5.63 Å². The summed E-state index contributed by atoms with van der Waals surface area (Å²) in [5, 5.41) is 2.91. The minimum atomic E-state index is -0.790. The quantitative estimate of drug-likeness (QED) is 0.731. The Kier molecular flexibility index (Phi) is 4.22. The van der Waals surface area contributed by atoms with E-state index in [4.69, 9.17) is 20.8 Å². The molecular weight excluding hydrogens is 337 g/mol. The number of carbonyl (C=O) groups excluding carboxylic acids is 1. The van der Waals surface area contributed by atoms with E-state index >= 15 is 0 Å².